The number of hydrogen-bond acceptors (Lipinski definition) is 1. The van der Waals surface area contributed by atoms with Crippen molar-refractivity contribution in [3.05, 3.63) is 0 Å². The lowest BCUT2D eigenvalue weighted by Crippen LogP contribution is -2.17. The van der Waals surface area contributed by atoms with E-state index in [0.29, 0.717) is 5.33 Å². The van der Waals surface area contributed by atoms with E-state index in [1.807, 2.05) is 0 Å². The van der Waals surface area contributed by atoms with E-state index in [1.165, 1.54) is 0 Å². The van der Waals surface area contributed by atoms with Crippen molar-refractivity contribution in [2.45, 2.75) is 16.3 Å². The molecule has 0 rings (SSSR count). The van der Waals surface area contributed by atoms with Gasteiger partial charge in [0.1, 0.15) is 0 Å². The van der Waals surface area contributed by atoms with Crippen LogP contribution >= 0.6 is 50.7 Å². The molecule has 0 spiro atoms. The van der Waals surface area contributed by atoms with Gasteiger partial charge < -0.3 is 5.11 Å². The van der Waals surface area contributed by atoms with E-state index < -0.39 is 9.90 Å². The Morgan fingerprint density at radius 1 is 1.44 bits per heavy atom. The van der Waals surface area contributed by atoms with Crippen molar-refractivity contribution >= 4 is 50.7 Å². The molecule has 0 aromatic heterocycles. The molecule has 1 N–H and O–H groups in total. The van der Waals surface area contributed by atoms with Crippen LogP contribution in [0.2, 0.25) is 0 Å². The Labute approximate surface area is 77.4 Å². The van der Waals surface area contributed by atoms with Crippen LogP contribution in [-0.2, 0) is 0 Å². The maximum Gasteiger partial charge on any atom is 0.193 e. The molecule has 0 aliphatic carbocycles. The highest BCUT2D eigenvalue weighted by molar-refractivity contribution is 9.09. The molecule has 5 heteroatoms. The Balaban J connectivity index is 3.47. The second-order valence-electron chi connectivity index (χ2n) is 1.63. The minimum atomic E-state index is -1.34. The first kappa shape index (κ1) is 10.3. The number of hydrogen-bond donors (Lipinski definition) is 1. The average molecular weight is 256 g/mol. The van der Waals surface area contributed by atoms with Crippen LogP contribution < -0.4 is 0 Å². The van der Waals surface area contributed by atoms with Crippen molar-refractivity contribution < 1.29 is 5.11 Å². The fourth-order valence-electron chi connectivity index (χ4n) is 0.322. The largest absolute Gasteiger partial charge is 0.392 e. The number of halogens is 4. The van der Waals surface area contributed by atoms with Crippen LogP contribution in [0.5, 0.6) is 0 Å². The molecule has 0 amide bonds. The van der Waals surface area contributed by atoms with Crippen LogP contribution in [0.4, 0.5) is 0 Å². The van der Waals surface area contributed by atoms with Crippen molar-refractivity contribution in [3.63, 3.8) is 0 Å². The zero-order valence-corrected chi connectivity index (χ0v) is 8.30. The second kappa shape index (κ2) is 4.24. The molecule has 0 saturated carbocycles. The van der Waals surface area contributed by atoms with Crippen LogP contribution in [0.25, 0.3) is 0 Å². The predicted octanol–water partition coefficient (Wildman–Crippen LogP) is 2.50. The molecule has 0 aromatic rings. The molecule has 0 bridgehead atoms. The maximum absolute atomic E-state index is 8.89. The highest BCUT2D eigenvalue weighted by Gasteiger charge is 2.23. The molecule has 1 unspecified atom stereocenters. The molecule has 9 heavy (non-hydrogen) atoms. The van der Waals surface area contributed by atoms with Crippen LogP contribution in [0.1, 0.15) is 6.42 Å². The third kappa shape index (κ3) is 7.20. The Bertz CT molecular complexity index is 82.4. The molecule has 56 valence electrons. The van der Waals surface area contributed by atoms with Gasteiger partial charge in [-0.05, 0) is 0 Å². The summed E-state index contributed by atoms with van der Waals surface area (Å²) >= 11 is 19.1. The Morgan fingerprint density at radius 2 is 1.89 bits per heavy atom. The fourth-order valence-corrected chi connectivity index (χ4v) is 1.08. The minimum absolute atomic E-state index is 0.156. The van der Waals surface area contributed by atoms with Gasteiger partial charge in [0, 0.05) is 11.8 Å². The smallest absolute Gasteiger partial charge is 0.193 e. The molecule has 0 aromatic carbocycles. The lowest BCUT2D eigenvalue weighted by molar-refractivity contribution is 0.192. The highest BCUT2D eigenvalue weighted by Crippen LogP contribution is 2.31. The first-order valence-electron chi connectivity index (χ1n) is 2.26. The van der Waals surface area contributed by atoms with E-state index in [0.717, 1.165) is 0 Å². The summed E-state index contributed by atoms with van der Waals surface area (Å²) < 4.78 is -1.34. The zero-order chi connectivity index (χ0) is 7.49. The molecule has 0 aliphatic rings. The summed E-state index contributed by atoms with van der Waals surface area (Å²) in [5, 5.41) is 9.32. The average Bonchev–Trinajstić information content (AvgIpc) is 1.62. The lowest BCUT2D eigenvalue weighted by atomic mass is 10.3. The van der Waals surface area contributed by atoms with E-state index in [9.17, 15) is 0 Å². The summed E-state index contributed by atoms with van der Waals surface area (Å²) in [5.74, 6) is 0. The van der Waals surface area contributed by atoms with E-state index >= 15 is 0 Å². The van der Waals surface area contributed by atoms with Crippen molar-refractivity contribution in [2.75, 3.05) is 5.33 Å². The second-order valence-corrected chi connectivity index (χ2v) is 4.79. The summed E-state index contributed by atoms with van der Waals surface area (Å²) in [4.78, 5) is 0. The van der Waals surface area contributed by atoms with Gasteiger partial charge in [-0.3, -0.25) is 0 Å². The SMILES string of the molecule is OC(CBr)CC(Cl)(Cl)Cl. The van der Waals surface area contributed by atoms with Gasteiger partial charge in [-0.1, -0.05) is 50.7 Å². The third-order valence-corrected chi connectivity index (χ3v) is 1.86. The van der Waals surface area contributed by atoms with E-state index in [4.69, 9.17) is 39.9 Å². The minimum Gasteiger partial charge on any atom is -0.392 e. The summed E-state index contributed by atoms with van der Waals surface area (Å²) in [6.07, 6.45) is -0.430. The number of aliphatic hydroxyl groups is 1. The summed E-state index contributed by atoms with van der Waals surface area (Å²) in [6, 6.07) is 0. The van der Waals surface area contributed by atoms with Crippen LogP contribution in [-0.4, -0.2) is 20.3 Å². The molecule has 1 atom stereocenters. The number of rotatable bonds is 2. The third-order valence-electron chi connectivity index (χ3n) is 0.645. The molecule has 0 heterocycles. The van der Waals surface area contributed by atoms with Gasteiger partial charge in [-0.25, -0.2) is 0 Å². The Hall–Kier alpha value is 1.31. The van der Waals surface area contributed by atoms with Crippen LogP contribution in [0, 0.1) is 0 Å². The van der Waals surface area contributed by atoms with Gasteiger partial charge in [0.05, 0.1) is 6.10 Å². The van der Waals surface area contributed by atoms with Crippen molar-refractivity contribution in [1.29, 1.82) is 0 Å². The van der Waals surface area contributed by atoms with Gasteiger partial charge in [0.2, 0.25) is 0 Å². The summed E-state index contributed by atoms with van der Waals surface area (Å²) in [6.45, 7) is 0. The Morgan fingerprint density at radius 3 is 2.00 bits per heavy atom. The standard InChI is InChI=1S/C4H6BrCl3O/c5-2-3(9)1-4(6,7)8/h3,9H,1-2H2. The molecular weight excluding hydrogens is 250 g/mol. The van der Waals surface area contributed by atoms with E-state index in [-0.39, 0.29) is 6.42 Å². The van der Waals surface area contributed by atoms with Gasteiger partial charge in [-0.15, -0.1) is 0 Å². The first-order valence-corrected chi connectivity index (χ1v) is 4.52. The molecule has 1 nitrogen and oxygen atoms in total. The molecule has 0 saturated heterocycles. The van der Waals surface area contributed by atoms with Crippen LogP contribution in [0.15, 0.2) is 0 Å². The van der Waals surface area contributed by atoms with Gasteiger partial charge >= 0.3 is 0 Å². The fraction of sp³-hybridized carbons (Fsp3) is 1.00. The normalized spacial score (nSPS) is 15.7. The lowest BCUT2D eigenvalue weighted by Gasteiger charge is -2.13. The monoisotopic (exact) mass is 254 g/mol. The van der Waals surface area contributed by atoms with Crippen molar-refractivity contribution in [1.82, 2.24) is 0 Å². The predicted molar refractivity (Wildman–Crippen MR) is 44.7 cm³/mol. The highest BCUT2D eigenvalue weighted by atomic mass is 79.9. The topological polar surface area (TPSA) is 20.2 Å². The van der Waals surface area contributed by atoms with Gasteiger partial charge in [0.25, 0.3) is 0 Å². The van der Waals surface area contributed by atoms with Gasteiger partial charge in [-0.2, -0.15) is 0 Å². The zero-order valence-electron chi connectivity index (χ0n) is 4.45. The van der Waals surface area contributed by atoms with Gasteiger partial charge in [0.15, 0.2) is 3.79 Å². The number of aliphatic hydroxyl groups excluding tert-OH is 1. The maximum atomic E-state index is 8.89. The molecule has 0 radical (unpaired) electrons. The number of alkyl halides is 4. The van der Waals surface area contributed by atoms with E-state index in [2.05, 4.69) is 15.9 Å². The molecular formula is C4H6BrCl3O. The van der Waals surface area contributed by atoms with Crippen molar-refractivity contribution in [3.8, 4) is 0 Å². The van der Waals surface area contributed by atoms with Crippen molar-refractivity contribution in [2.24, 2.45) is 0 Å². The van der Waals surface area contributed by atoms with E-state index in [1.54, 1.807) is 0 Å². The summed E-state index contributed by atoms with van der Waals surface area (Å²) in [7, 11) is 0. The Kier molecular flexibility index (Phi) is 4.86. The summed E-state index contributed by atoms with van der Waals surface area (Å²) in [5.41, 5.74) is 0. The first-order chi connectivity index (χ1) is 3.95. The van der Waals surface area contributed by atoms with Crippen LogP contribution in [0.3, 0.4) is 0 Å². The molecule has 0 fully saturated rings. The quantitative estimate of drug-likeness (QED) is 0.753. The molecule has 0 aliphatic heterocycles.